The van der Waals surface area contributed by atoms with Gasteiger partial charge in [-0.2, -0.15) is 0 Å². The van der Waals surface area contributed by atoms with Crippen LogP contribution in [-0.4, -0.2) is 21.5 Å². The highest BCUT2D eigenvalue weighted by Crippen LogP contribution is 2.14. The van der Waals surface area contributed by atoms with Crippen LogP contribution in [0.15, 0.2) is 12.4 Å². The number of nitrogens with zero attached hydrogens (tertiary/aromatic N) is 2. The standard InChI is InChI=1S/C6H5ClN4O/c7-6-10-4-3(5(12)11-6)8-1-2-9-4/h1-2,6H,(H,9,10)(H,11,12). The van der Waals surface area contributed by atoms with Gasteiger partial charge in [0.1, 0.15) is 0 Å². The molecule has 62 valence electrons. The second-order valence-electron chi connectivity index (χ2n) is 2.23. The number of carbonyl (C=O) groups excluding carboxylic acids is 1. The van der Waals surface area contributed by atoms with Crippen molar-refractivity contribution >= 4 is 23.3 Å². The smallest absolute Gasteiger partial charge is 0.276 e. The number of rotatable bonds is 0. The van der Waals surface area contributed by atoms with Crippen molar-refractivity contribution in [3.8, 4) is 0 Å². The van der Waals surface area contributed by atoms with E-state index in [1.54, 1.807) is 0 Å². The van der Waals surface area contributed by atoms with Gasteiger partial charge in [-0.05, 0) is 0 Å². The lowest BCUT2D eigenvalue weighted by Crippen LogP contribution is -2.42. The highest BCUT2D eigenvalue weighted by Gasteiger charge is 2.23. The molecule has 6 heteroatoms. The number of nitrogens with one attached hydrogen (secondary N) is 2. The Kier molecular flexibility index (Phi) is 1.58. The fourth-order valence-electron chi connectivity index (χ4n) is 0.949. The van der Waals surface area contributed by atoms with E-state index in [0.29, 0.717) is 5.82 Å². The summed E-state index contributed by atoms with van der Waals surface area (Å²) in [7, 11) is 0. The Labute approximate surface area is 73.2 Å². The van der Waals surface area contributed by atoms with E-state index in [9.17, 15) is 4.79 Å². The number of amides is 1. The minimum absolute atomic E-state index is 0.273. The molecule has 1 aliphatic rings. The highest BCUT2D eigenvalue weighted by molar-refractivity contribution is 6.23. The first-order valence-corrected chi connectivity index (χ1v) is 3.73. The molecule has 1 unspecified atom stereocenters. The van der Waals surface area contributed by atoms with Crippen LogP contribution in [0.25, 0.3) is 0 Å². The van der Waals surface area contributed by atoms with Crippen LogP contribution in [0.5, 0.6) is 0 Å². The van der Waals surface area contributed by atoms with E-state index in [2.05, 4.69) is 20.6 Å². The molecular weight excluding hydrogens is 180 g/mol. The van der Waals surface area contributed by atoms with Crippen molar-refractivity contribution in [1.29, 1.82) is 0 Å². The van der Waals surface area contributed by atoms with Crippen molar-refractivity contribution in [2.24, 2.45) is 0 Å². The van der Waals surface area contributed by atoms with Gasteiger partial charge in [-0.3, -0.25) is 4.79 Å². The first kappa shape index (κ1) is 7.30. The molecule has 1 amide bonds. The molecule has 0 fully saturated rings. The molecule has 5 nitrogen and oxygen atoms in total. The molecule has 2 N–H and O–H groups in total. The molecule has 2 rings (SSSR count). The fraction of sp³-hybridized carbons (Fsp3) is 0.167. The Hall–Kier alpha value is -1.36. The van der Waals surface area contributed by atoms with E-state index in [1.807, 2.05) is 0 Å². The van der Waals surface area contributed by atoms with E-state index < -0.39 is 5.62 Å². The fourth-order valence-corrected chi connectivity index (χ4v) is 1.15. The Morgan fingerprint density at radius 2 is 2.08 bits per heavy atom. The van der Waals surface area contributed by atoms with Crippen LogP contribution < -0.4 is 10.6 Å². The third-order valence-corrected chi connectivity index (χ3v) is 1.65. The van der Waals surface area contributed by atoms with E-state index in [0.717, 1.165) is 0 Å². The molecule has 0 radical (unpaired) electrons. The molecule has 1 aromatic heterocycles. The summed E-state index contributed by atoms with van der Waals surface area (Å²) in [6, 6.07) is 0. The predicted molar refractivity (Wildman–Crippen MR) is 42.8 cm³/mol. The zero-order valence-electron chi connectivity index (χ0n) is 5.91. The maximum atomic E-state index is 11.2. The predicted octanol–water partition coefficient (Wildman–Crippen LogP) is 0.154. The zero-order chi connectivity index (χ0) is 8.55. The van der Waals surface area contributed by atoms with Crippen molar-refractivity contribution in [1.82, 2.24) is 15.3 Å². The van der Waals surface area contributed by atoms with Gasteiger partial charge >= 0.3 is 0 Å². The SMILES string of the molecule is O=C1NC(Cl)Nc2nccnc21. The van der Waals surface area contributed by atoms with Gasteiger partial charge in [0.2, 0.25) is 0 Å². The minimum atomic E-state index is -0.610. The van der Waals surface area contributed by atoms with E-state index >= 15 is 0 Å². The Bertz CT molecular complexity index is 329. The van der Waals surface area contributed by atoms with Crippen LogP contribution in [-0.2, 0) is 0 Å². The van der Waals surface area contributed by atoms with Crippen molar-refractivity contribution in [2.75, 3.05) is 5.32 Å². The monoisotopic (exact) mass is 184 g/mol. The number of anilines is 1. The average molecular weight is 185 g/mol. The molecule has 0 aliphatic carbocycles. The number of carbonyl (C=O) groups is 1. The third kappa shape index (κ3) is 1.08. The molecule has 0 saturated heterocycles. The summed E-state index contributed by atoms with van der Waals surface area (Å²) >= 11 is 5.63. The second kappa shape index (κ2) is 2.60. The molecule has 12 heavy (non-hydrogen) atoms. The van der Waals surface area contributed by atoms with E-state index in [1.165, 1.54) is 12.4 Å². The topological polar surface area (TPSA) is 66.9 Å². The van der Waals surface area contributed by atoms with Gasteiger partial charge in [0.25, 0.3) is 5.91 Å². The highest BCUT2D eigenvalue weighted by atomic mass is 35.5. The molecule has 0 spiro atoms. The Balaban J connectivity index is 2.47. The van der Waals surface area contributed by atoms with Crippen LogP contribution in [0, 0.1) is 0 Å². The van der Waals surface area contributed by atoms with Gasteiger partial charge < -0.3 is 10.6 Å². The average Bonchev–Trinajstić information content (AvgIpc) is 2.04. The van der Waals surface area contributed by atoms with Crippen molar-refractivity contribution in [2.45, 2.75) is 5.62 Å². The maximum absolute atomic E-state index is 11.2. The van der Waals surface area contributed by atoms with Crippen LogP contribution in [0.4, 0.5) is 5.82 Å². The van der Waals surface area contributed by atoms with Crippen molar-refractivity contribution < 1.29 is 4.79 Å². The largest absolute Gasteiger partial charge is 0.335 e. The lowest BCUT2D eigenvalue weighted by Gasteiger charge is -2.20. The lowest BCUT2D eigenvalue weighted by atomic mass is 10.3. The summed E-state index contributed by atoms with van der Waals surface area (Å²) in [5.41, 5.74) is -0.337. The molecule has 1 atom stereocenters. The quantitative estimate of drug-likeness (QED) is 0.445. The summed E-state index contributed by atoms with van der Waals surface area (Å²) in [6.07, 6.45) is 2.95. The first-order valence-electron chi connectivity index (χ1n) is 3.30. The summed E-state index contributed by atoms with van der Waals surface area (Å²) < 4.78 is 0. The number of hydrogen-bond acceptors (Lipinski definition) is 4. The molecule has 0 saturated carbocycles. The number of aromatic nitrogens is 2. The summed E-state index contributed by atoms with van der Waals surface area (Å²) in [4.78, 5) is 18.9. The first-order chi connectivity index (χ1) is 5.77. The van der Waals surface area contributed by atoms with Crippen LogP contribution in [0.2, 0.25) is 0 Å². The molecule has 2 heterocycles. The van der Waals surface area contributed by atoms with Crippen molar-refractivity contribution in [3.05, 3.63) is 18.1 Å². The van der Waals surface area contributed by atoms with Crippen LogP contribution >= 0.6 is 11.6 Å². The number of fused-ring (bicyclic) bond motifs is 1. The summed E-state index contributed by atoms with van der Waals surface area (Å²) in [6.45, 7) is 0. The summed E-state index contributed by atoms with van der Waals surface area (Å²) in [5, 5.41) is 5.20. The van der Waals surface area contributed by atoms with Gasteiger partial charge in [0.05, 0.1) is 0 Å². The van der Waals surface area contributed by atoms with Gasteiger partial charge in [0, 0.05) is 12.4 Å². The second-order valence-corrected chi connectivity index (χ2v) is 2.67. The lowest BCUT2D eigenvalue weighted by molar-refractivity contribution is 0.0942. The van der Waals surface area contributed by atoms with Crippen molar-refractivity contribution in [3.63, 3.8) is 0 Å². The Morgan fingerprint density at radius 3 is 2.92 bits per heavy atom. The third-order valence-electron chi connectivity index (χ3n) is 1.43. The molecular formula is C6H5ClN4O. The Morgan fingerprint density at radius 1 is 1.33 bits per heavy atom. The molecule has 0 aromatic carbocycles. The van der Waals surface area contributed by atoms with Gasteiger partial charge in [-0.15, -0.1) is 0 Å². The minimum Gasteiger partial charge on any atom is -0.335 e. The van der Waals surface area contributed by atoms with Crippen LogP contribution in [0.3, 0.4) is 0 Å². The van der Waals surface area contributed by atoms with Gasteiger partial charge in [-0.1, -0.05) is 11.6 Å². The zero-order valence-corrected chi connectivity index (χ0v) is 6.67. The maximum Gasteiger partial charge on any atom is 0.276 e. The van der Waals surface area contributed by atoms with Gasteiger partial charge in [0.15, 0.2) is 17.1 Å². The molecule has 1 aliphatic heterocycles. The normalized spacial score (nSPS) is 20.8. The van der Waals surface area contributed by atoms with Crippen LogP contribution in [0.1, 0.15) is 10.5 Å². The van der Waals surface area contributed by atoms with Gasteiger partial charge in [-0.25, -0.2) is 9.97 Å². The molecule has 0 bridgehead atoms. The van der Waals surface area contributed by atoms with E-state index in [-0.39, 0.29) is 11.6 Å². The number of halogens is 1. The number of alkyl halides is 1. The number of hydrogen-bond donors (Lipinski definition) is 2. The summed E-state index contributed by atoms with van der Waals surface area (Å²) in [5.74, 6) is 0.109. The molecule has 1 aromatic rings. The van der Waals surface area contributed by atoms with E-state index in [4.69, 9.17) is 11.6 Å².